The van der Waals surface area contributed by atoms with Gasteiger partial charge in [0.1, 0.15) is 17.8 Å². The predicted octanol–water partition coefficient (Wildman–Crippen LogP) is 3.66. The molecule has 0 aliphatic carbocycles. The number of likely N-dealkylation sites (tertiary alicyclic amines) is 1. The van der Waals surface area contributed by atoms with Crippen LogP contribution >= 0.6 is 0 Å². The summed E-state index contributed by atoms with van der Waals surface area (Å²) in [5.41, 5.74) is 11.2. The highest BCUT2D eigenvalue weighted by atomic mass is 16.2. The highest BCUT2D eigenvalue weighted by Gasteiger charge is 2.28. The van der Waals surface area contributed by atoms with Crippen LogP contribution in [0.25, 0.3) is 22.3 Å². The third-order valence-corrected chi connectivity index (χ3v) is 6.74. The number of fused-ring (bicyclic) bond motifs is 1. The van der Waals surface area contributed by atoms with Gasteiger partial charge in [-0.25, -0.2) is 14.6 Å². The van der Waals surface area contributed by atoms with Gasteiger partial charge in [0.05, 0.1) is 11.4 Å². The van der Waals surface area contributed by atoms with Crippen molar-refractivity contribution < 1.29 is 9.59 Å². The number of aryl methyl sites for hydroxylation is 1. The van der Waals surface area contributed by atoms with Gasteiger partial charge in [0.2, 0.25) is 5.91 Å². The van der Waals surface area contributed by atoms with Crippen LogP contribution in [-0.2, 0) is 11.3 Å². The van der Waals surface area contributed by atoms with E-state index in [9.17, 15) is 9.59 Å². The van der Waals surface area contributed by atoms with Crippen molar-refractivity contribution in [2.24, 2.45) is 0 Å². The first-order valence-electron chi connectivity index (χ1n) is 12.3. The highest BCUT2D eigenvalue weighted by Crippen LogP contribution is 2.33. The molecule has 9 nitrogen and oxygen atoms in total. The van der Waals surface area contributed by atoms with Crippen LogP contribution in [0.1, 0.15) is 40.4 Å². The maximum atomic E-state index is 12.5. The monoisotopic (exact) mass is 495 g/mol. The van der Waals surface area contributed by atoms with Crippen LogP contribution in [0.3, 0.4) is 0 Å². The first kappa shape index (κ1) is 24.2. The van der Waals surface area contributed by atoms with E-state index >= 15 is 0 Å². The number of hydrogen-bond donors (Lipinski definition) is 2. The van der Waals surface area contributed by atoms with Crippen LogP contribution in [0.15, 0.2) is 67.5 Å². The molecule has 1 aliphatic heterocycles. The highest BCUT2D eigenvalue weighted by molar-refractivity contribution is 5.98. The van der Waals surface area contributed by atoms with Gasteiger partial charge in [-0.15, -0.1) is 0 Å². The molecule has 0 saturated carbocycles. The number of nitrogens with zero attached hydrogens (tertiary/aromatic N) is 5. The minimum absolute atomic E-state index is 0.0283. The molecular formula is C28H29N7O2. The van der Waals surface area contributed by atoms with Gasteiger partial charge in [-0.2, -0.15) is 5.10 Å². The molecule has 5 rings (SSSR count). The van der Waals surface area contributed by atoms with Gasteiger partial charge in [0, 0.05) is 30.8 Å². The Morgan fingerprint density at radius 1 is 1.14 bits per heavy atom. The van der Waals surface area contributed by atoms with E-state index in [2.05, 4.69) is 21.9 Å². The molecule has 3 N–H and O–H groups in total. The number of nitrogens with one attached hydrogen (secondary N) is 1. The van der Waals surface area contributed by atoms with Crippen LogP contribution < -0.4 is 11.1 Å². The average molecular weight is 496 g/mol. The summed E-state index contributed by atoms with van der Waals surface area (Å²) in [6, 6.07) is 15.3. The van der Waals surface area contributed by atoms with Gasteiger partial charge in [-0.1, -0.05) is 48.5 Å². The van der Waals surface area contributed by atoms with Gasteiger partial charge in [-0.3, -0.25) is 9.59 Å². The number of nitrogen functional groups attached to an aromatic ring is 1. The number of benzene rings is 2. The van der Waals surface area contributed by atoms with Crippen molar-refractivity contribution in [3.63, 3.8) is 0 Å². The van der Waals surface area contributed by atoms with E-state index in [-0.39, 0.29) is 17.9 Å². The van der Waals surface area contributed by atoms with Crippen molar-refractivity contribution in [3.8, 4) is 11.3 Å². The van der Waals surface area contributed by atoms with Crippen LogP contribution in [-0.4, -0.2) is 49.6 Å². The van der Waals surface area contributed by atoms with E-state index in [0.29, 0.717) is 47.7 Å². The molecule has 37 heavy (non-hydrogen) atoms. The molecule has 1 atom stereocenters. The Bertz CT molecular complexity index is 1460. The fraction of sp³-hybridized carbons (Fsp3) is 0.250. The lowest BCUT2D eigenvalue weighted by molar-refractivity contribution is -0.127. The third kappa shape index (κ3) is 4.93. The number of piperidine rings is 1. The largest absolute Gasteiger partial charge is 0.383 e. The molecule has 2 amide bonds. The average Bonchev–Trinajstić information content (AvgIpc) is 3.33. The Morgan fingerprint density at radius 2 is 1.89 bits per heavy atom. The minimum atomic E-state index is -0.116. The summed E-state index contributed by atoms with van der Waals surface area (Å²) >= 11 is 0. The predicted molar refractivity (Wildman–Crippen MR) is 143 cm³/mol. The fourth-order valence-corrected chi connectivity index (χ4v) is 4.71. The Kier molecular flexibility index (Phi) is 6.68. The van der Waals surface area contributed by atoms with Gasteiger partial charge in [0.15, 0.2) is 5.65 Å². The zero-order valence-electron chi connectivity index (χ0n) is 20.7. The van der Waals surface area contributed by atoms with E-state index < -0.39 is 0 Å². The van der Waals surface area contributed by atoms with Crippen LogP contribution in [0, 0.1) is 6.92 Å². The molecule has 3 heterocycles. The molecule has 1 saturated heterocycles. The number of rotatable bonds is 6. The van der Waals surface area contributed by atoms with Crippen molar-refractivity contribution in [3.05, 3.63) is 84.2 Å². The quantitative estimate of drug-likeness (QED) is 0.394. The van der Waals surface area contributed by atoms with Crippen molar-refractivity contribution in [1.29, 1.82) is 0 Å². The number of aromatic nitrogens is 4. The zero-order valence-corrected chi connectivity index (χ0v) is 20.7. The number of carbonyl (C=O) groups is 2. The van der Waals surface area contributed by atoms with Crippen LogP contribution in [0.5, 0.6) is 0 Å². The van der Waals surface area contributed by atoms with Gasteiger partial charge in [0.25, 0.3) is 5.91 Å². The number of amides is 2. The molecule has 0 bridgehead atoms. The Balaban J connectivity index is 1.39. The van der Waals surface area contributed by atoms with E-state index in [1.807, 2.05) is 60.1 Å². The van der Waals surface area contributed by atoms with E-state index in [1.165, 1.54) is 12.4 Å². The molecule has 9 heteroatoms. The molecule has 1 aliphatic rings. The van der Waals surface area contributed by atoms with Crippen LogP contribution in [0.4, 0.5) is 5.82 Å². The molecule has 2 aromatic carbocycles. The summed E-state index contributed by atoms with van der Waals surface area (Å²) in [6.07, 6.45) is 4.53. The van der Waals surface area contributed by atoms with Gasteiger partial charge in [-0.05, 0) is 43.5 Å². The normalized spacial score (nSPS) is 15.5. The molecule has 2 aromatic heterocycles. The lowest BCUT2D eigenvalue weighted by Crippen LogP contribution is -2.40. The lowest BCUT2D eigenvalue weighted by Gasteiger charge is -2.32. The van der Waals surface area contributed by atoms with Crippen molar-refractivity contribution in [2.45, 2.75) is 32.4 Å². The third-order valence-electron chi connectivity index (χ3n) is 6.74. The zero-order chi connectivity index (χ0) is 25.9. The molecule has 0 spiro atoms. The second-order valence-electron chi connectivity index (χ2n) is 9.28. The number of nitrogens with two attached hydrogens (primary N) is 1. The van der Waals surface area contributed by atoms with Crippen molar-refractivity contribution in [2.75, 3.05) is 18.8 Å². The Hall–Kier alpha value is -4.53. The van der Waals surface area contributed by atoms with Gasteiger partial charge >= 0.3 is 0 Å². The fourth-order valence-electron chi connectivity index (χ4n) is 4.71. The lowest BCUT2D eigenvalue weighted by atomic mass is 10.1. The maximum Gasteiger partial charge on any atom is 0.251 e. The SMILES string of the molecule is C=CC(=O)N1CCCC(n2nc(-c3ccc(CNC(=O)c4ccc(C)cc4)cc3)c3c(N)ncnc32)C1. The van der Waals surface area contributed by atoms with E-state index in [4.69, 9.17) is 10.8 Å². The van der Waals surface area contributed by atoms with Crippen LogP contribution in [0.2, 0.25) is 0 Å². The molecule has 1 fully saturated rings. The van der Waals surface area contributed by atoms with Crippen molar-refractivity contribution in [1.82, 2.24) is 30.0 Å². The first-order valence-corrected chi connectivity index (χ1v) is 12.3. The summed E-state index contributed by atoms with van der Waals surface area (Å²) < 4.78 is 1.88. The molecule has 188 valence electrons. The Morgan fingerprint density at radius 3 is 2.62 bits per heavy atom. The smallest absolute Gasteiger partial charge is 0.251 e. The minimum Gasteiger partial charge on any atom is -0.383 e. The second-order valence-corrected chi connectivity index (χ2v) is 9.28. The molecule has 4 aromatic rings. The van der Waals surface area contributed by atoms with Crippen molar-refractivity contribution >= 4 is 28.7 Å². The number of anilines is 1. The molecular weight excluding hydrogens is 466 g/mol. The number of hydrogen-bond acceptors (Lipinski definition) is 6. The molecule has 0 radical (unpaired) electrons. The topological polar surface area (TPSA) is 119 Å². The summed E-state index contributed by atoms with van der Waals surface area (Å²) in [5.74, 6) is 0.159. The summed E-state index contributed by atoms with van der Waals surface area (Å²) in [4.78, 5) is 35.2. The standard InChI is InChI=1S/C28H29N7O2/c1-3-23(36)34-14-4-5-22(16-34)35-27-24(26(29)31-17-32-27)25(33-35)20-12-8-19(9-13-20)15-30-28(37)21-10-6-18(2)7-11-21/h3,6-13,17,22H,1,4-5,14-16H2,2H3,(H,30,37)(H2,29,31,32). The first-order chi connectivity index (χ1) is 17.9. The summed E-state index contributed by atoms with van der Waals surface area (Å²) in [6.45, 7) is 7.24. The molecule has 1 unspecified atom stereocenters. The number of carbonyl (C=O) groups excluding carboxylic acids is 2. The second kappa shape index (κ2) is 10.2. The summed E-state index contributed by atoms with van der Waals surface area (Å²) in [5, 5.41) is 8.56. The summed E-state index contributed by atoms with van der Waals surface area (Å²) in [7, 11) is 0. The van der Waals surface area contributed by atoms with E-state index in [0.717, 1.165) is 29.5 Å². The van der Waals surface area contributed by atoms with E-state index in [1.54, 1.807) is 4.90 Å². The maximum absolute atomic E-state index is 12.5. The van der Waals surface area contributed by atoms with Gasteiger partial charge < -0.3 is 16.0 Å². The Labute approximate surface area is 215 Å².